The van der Waals surface area contributed by atoms with Crippen LogP contribution in [0.2, 0.25) is 5.02 Å². The number of rotatable bonds is 7. The number of halogens is 1. The summed E-state index contributed by atoms with van der Waals surface area (Å²) in [5.41, 5.74) is 2.10. The summed E-state index contributed by atoms with van der Waals surface area (Å²) in [6.45, 7) is 4.58. The van der Waals surface area contributed by atoms with Gasteiger partial charge in [0.05, 0.1) is 10.6 Å². The maximum atomic E-state index is 10.8. The normalized spacial score (nSPS) is 10.0. The summed E-state index contributed by atoms with van der Waals surface area (Å²) in [4.78, 5) is 10.8. The predicted molar refractivity (Wildman–Crippen MR) is 87.9 cm³/mol. The molecule has 2 aromatic carbocycles. The van der Waals surface area contributed by atoms with Gasteiger partial charge in [0.1, 0.15) is 12.4 Å². The molecule has 0 fully saturated rings. The van der Waals surface area contributed by atoms with Crippen LogP contribution >= 0.6 is 11.6 Å². The van der Waals surface area contributed by atoms with Crippen molar-refractivity contribution in [2.24, 2.45) is 0 Å². The molecule has 114 valence electrons. The molecule has 0 saturated heterocycles. The number of carbonyl (C=O) groups is 1. The van der Waals surface area contributed by atoms with Crippen LogP contribution in [0.1, 0.15) is 15.9 Å². The molecule has 0 bridgehead atoms. The highest BCUT2D eigenvalue weighted by molar-refractivity contribution is 6.32. The van der Waals surface area contributed by atoms with Gasteiger partial charge in [-0.3, -0.25) is 0 Å². The van der Waals surface area contributed by atoms with Crippen molar-refractivity contribution in [3.63, 3.8) is 0 Å². The van der Waals surface area contributed by atoms with Crippen LogP contribution in [0, 0.1) is 0 Å². The fourth-order valence-corrected chi connectivity index (χ4v) is 2.11. The second kappa shape index (κ2) is 7.52. The first-order valence-electron chi connectivity index (χ1n) is 6.69. The van der Waals surface area contributed by atoms with Gasteiger partial charge in [-0.2, -0.15) is 0 Å². The third-order valence-corrected chi connectivity index (χ3v) is 3.28. The molecule has 0 spiro atoms. The Kier molecular flexibility index (Phi) is 5.44. The summed E-state index contributed by atoms with van der Waals surface area (Å²) in [5, 5.41) is 12.6. The fourth-order valence-electron chi connectivity index (χ4n) is 1.85. The highest BCUT2D eigenvalue weighted by Gasteiger charge is 2.04. The summed E-state index contributed by atoms with van der Waals surface area (Å²) in [5.74, 6) is -0.315. The van der Waals surface area contributed by atoms with Gasteiger partial charge in [-0.1, -0.05) is 30.3 Å². The number of carboxylic acids is 1. The number of benzene rings is 2. The third kappa shape index (κ3) is 4.27. The smallest absolute Gasteiger partial charge is 0.335 e. The molecule has 0 amide bonds. The number of hydrogen-bond acceptors (Lipinski definition) is 3. The second-order valence-corrected chi connectivity index (χ2v) is 5.01. The average molecular weight is 318 g/mol. The first-order valence-corrected chi connectivity index (χ1v) is 7.07. The average Bonchev–Trinajstić information content (AvgIpc) is 2.52. The lowest BCUT2D eigenvalue weighted by molar-refractivity contribution is 0.0697. The van der Waals surface area contributed by atoms with E-state index < -0.39 is 5.97 Å². The third-order valence-electron chi connectivity index (χ3n) is 2.98. The van der Waals surface area contributed by atoms with Crippen LogP contribution in [0.25, 0.3) is 0 Å². The van der Waals surface area contributed by atoms with E-state index in [0.717, 1.165) is 11.3 Å². The van der Waals surface area contributed by atoms with Crippen LogP contribution in [0.4, 0.5) is 5.69 Å². The van der Waals surface area contributed by atoms with Gasteiger partial charge in [-0.15, -0.1) is 0 Å². The Labute approximate surface area is 134 Å². The maximum Gasteiger partial charge on any atom is 0.335 e. The van der Waals surface area contributed by atoms with E-state index in [1.807, 2.05) is 18.2 Å². The van der Waals surface area contributed by atoms with Gasteiger partial charge >= 0.3 is 5.97 Å². The fraction of sp³-hybridized carbons (Fsp3) is 0.118. The summed E-state index contributed by atoms with van der Waals surface area (Å²) in [6.07, 6.45) is 1.66. The lowest BCUT2D eigenvalue weighted by Gasteiger charge is -2.10. The molecule has 0 aliphatic rings. The second-order valence-electron chi connectivity index (χ2n) is 4.60. The minimum Gasteiger partial charge on any atom is -0.488 e. The zero-order valence-corrected chi connectivity index (χ0v) is 12.6. The lowest BCUT2D eigenvalue weighted by atomic mass is 10.2. The molecular formula is C17H16ClNO3. The standard InChI is InChI=1S/C17H16ClNO3/c1-2-9-22-16-8-3-12(10-15(16)18)11-19-14-6-4-13(5-7-14)17(20)21/h2-8,10,19H,1,9,11H2,(H,20,21). The van der Waals surface area contributed by atoms with E-state index in [1.54, 1.807) is 30.3 Å². The van der Waals surface area contributed by atoms with Gasteiger partial charge in [0.2, 0.25) is 0 Å². The molecule has 4 nitrogen and oxygen atoms in total. The Morgan fingerprint density at radius 3 is 2.59 bits per heavy atom. The molecule has 22 heavy (non-hydrogen) atoms. The number of carboxylic acid groups (broad SMARTS) is 1. The molecule has 2 aromatic rings. The number of anilines is 1. The molecule has 2 rings (SSSR count). The monoisotopic (exact) mass is 317 g/mol. The molecule has 2 N–H and O–H groups in total. The maximum absolute atomic E-state index is 10.8. The molecule has 0 aliphatic carbocycles. The minimum absolute atomic E-state index is 0.261. The molecule has 0 atom stereocenters. The van der Waals surface area contributed by atoms with Crippen LogP contribution in [0.5, 0.6) is 5.75 Å². The van der Waals surface area contributed by atoms with Crippen LogP contribution in [-0.2, 0) is 6.54 Å². The first kappa shape index (κ1) is 15.9. The molecule has 0 unspecified atom stereocenters. The van der Waals surface area contributed by atoms with E-state index in [0.29, 0.717) is 23.9 Å². The predicted octanol–water partition coefficient (Wildman–Crippen LogP) is 4.22. The van der Waals surface area contributed by atoms with Crippen molar-refractivity contribution in [2.75, 3.05) is 11.9 Å². The van der Waals surface area contributed by atoms with Crippen LogP contribution in [0.3, 0.4) is 0 Å². The molecular weight excluding hydrogens is 302 g/mol. The Balaban J connectivity index is 1.97. The van der Waals surface area contributed by atoms with Gasteiger partial charge in [0.15, 0.2) is 0 Å². The minimum atomic E-state index is -0.937. The Morgan fingerprint density at radius 1 is 1.27 bits per heavy atom. The zero-order chi connectivity index (χ0) is 15.9. The van der Waals surface area contributed by atoms with Crippen molar-refractivity contribution < 1.29 is 14.6 Å². The quantitative estimate of drug-likeness (QED) is 0.751. The van der Waals surface area contributed by atoms with Gasteiger partial charge in [0.25, 0.3) is 0 Å². The zero-order valence-electron chi connectivity index (χ0n) is 11.9. The number of ether oxygens (including phenoxy) is 1. The van der Waals surface area contributed by atoms with Gasteiger partial charge in [0, 0.05) is 12.2 Å². The molecule has 5 heteroatoms. The topological polar surface area (TPSA) is 58.6 Å². The van der Waals surface area contributed by atoms with Crippen molar-refractivity contribution in [3.8, 4) is 5.75 Å². The van der Waals surface area contributed by atoms with Crippen molar-refractivity contribution in [2.45, 2.75) is 6.54 Å². The molecule has 0 heterocycles. The summed E-state index contributed by atoms with van der Waals surface area (Å²) < 4.78 is 5.41. The number of aromatic carboxylic acids is 1. The lowest BCUT2D eigenvalue weighted by Crippen LogP contribution is -2.01. The number of nitrogens with one attached hydrogen (secondary N) is 1. The summed E-state index contributed by atoms with van der Waals surface area (Å²) in [6, 6.07) is 12.1. The molecule has 0 aromatic heterocycles. The highest BCUT2D eigenvalue weighted by atomic mass is 35.5. The van der Waals surface area contributed by atoms with Crippen molar-refractivity contribution in [1.29, 1.82) is 0 Å². The Hall–Kier alpha value is -2.46. The van der Waals surface area contributed by atoms with Crippen LogP contribution in [-0.4, -0.2) is 17.7 Å². The SMILES string of the molecule is C=CCOc1ccc(CNc2ccc(C(=O)O)cc2)cc1Cl. The molecule has 0 saturated carbocycles. The first-order chi connectivity index (χ1) is 10.6. The van der Waals surface area contributed by atoms with E-state index in [-0.39, 0.29) is 5.56 Å². The van der Waals surface area contributed by atoms with E-state index in [4.69, 9.17) is 21.4 Å². The highest BCUT2D eigenvalue weighted by Crippen LogP contribution is 2.26. The summed E-state index contributed by atoms with van der Waals surface area (Å²) in [7, 11) is 0. The number of hydrogen-bond donors (Lipinski definition) is 2. The largest absolute Gasteiger partial charge is 0.488 e. The Morgan fingerprint density at radius 2 is 2.00 bits per heavy atom. The van der Waals surface area contributed by atoms with Gasteiger partial charge in [-0.05, 0) is 42.0 Å². The van der Waals surface area contributed by atoms with Crippen LogP contribution in [0.15, 0.2) is 55.1 Å². The van der Waals surface area contributed by atoms with Gasteiger partial charge < -0.3 is 15.2 Å². The van der Waals surface area contributed by atoms with Crippen molar-refractivity contribution in [3.05, 3.63) is 71.3 Å². The van der Waals surface area contributed by atoms with Crippen molar-refractivity contribution >= 4 is 23.3 Å². The molecule has 0 aliphatic heterocycles. The van der Waals surface area contributed by atoms with E-state index in [2.05, 4.69) is 11.9 Å². The van der Waals surface area contributed by atoms with Crippen LogP contribution < -0.4 is 10.1 Å². The van der Waals surface area contributed by atoms with Gasteiger partial charge in [-0.25, -0.2) is 4.79 Å². The molecule has 0 radical (unpaired) electrons. The van der Waals surface area contributed by atoms with Crippen molar-refractivity contribution in [1.82, 2.24) is 0 Å². The van der Waals surface area contributed by atoms with E-state index in [9.17, 15) is 4.79 Å². The van der Waals surface area contributed by atoms with E-state index >= 15 is 0 Å². The van der Waals surface area contributed by atoms with E-state index in [1.165, 1.54) is 0 Å². The summed E-state index contributed by atoms with van der Waals surface area (Å²) >= 11 is 6.15. The Bertz CT molecular complexity index is 668.